The van der Waals surface area contributed by atoms with Crippen molar-refractivity contribution in [2.75, 3.05) is 18.6 Å². The minimum absolute atomic E-state index is 0.391. The molecule has 6 nitrogen and oxygen atoms in total. The second kappa shape index (κ2) is 7.61. The number of anilines is 1. The molecule has 0 amide bonds. The molecule has 0 fully saturated rings. The Morgan fingerprint density at radius 3 is 2.38 bits per heavy atom. The van der Waals surface area contributed by atoms with Gasteiger partial charge in [-0.3, -0.25) is 4.72 Å². The first-order valence-electron chi connectivity index (χ1n) is 8.29. The first kappa shape index (κ1) is 18.0. The van der Waals surface area contributed by atoms with E-state index < -0.39 is 10.2 Å². The highest BCUT2D eigenvalue weighted by Crippen LogP contribution is 2.22. The molecule has 0 aromatic heterocycles. The molecular weight excluding hydrogens is 350 g/mol. The number of ether oxygens (including phenoxy) is 1. The van der Waals surface area contributed by atoms with Crippen molar-refractivity contribution in [3.05, 3.63) is 71.9 Å². The fourth-order valence-electron chi connectivity index (χ4n) is 2.79. The number of benzene rings is 2. The van der Waals surface area contributed by atoms with Crippen LogP contribution in [0.1, 0.15) is 12.5 Å². The van der Waals surface area contributed by atoms with Crippen molar-refractivity contribution in [1.82, 2.24) is 4.72 Å². The summed E-state index contributed by atoms with van der Waals surface area (Å²) in [5.74, 6) is 1.13. The number of allylic oxidation sites excluding steroid dienone is 1. The summed E-state index contributed by atoms with van der Waals surface area (Å²) in [6.45, 7) is 2.53. The molecule has 0 bridgehead atoms. The van der Waals surface area contributed by atoms with Crippen molar-refractivity contribution < 1.29 is 13.2 Å². The fraction of sp³-hybridized carbons (Fsp3) is 0.211. The highest BCUT2D eigenvalue weighted by Gasteiger charge is 2.22. The van der Waals surface area contributed by atoms with Gasteiger partial charge in [0.1, 0.15) is 11.6 Å². The lowest BCUT2D eigenvalue weighted by atomic mass is 10.1. The molecule has 0 saturated heterocycles. The molecule has 3 rings (SSSR count). The summed E-state index contributed by atoms with van der Waals surface area (Å²) in [6, 6.07) is 17.1. The molecule has 0 radical (unpaired) electrons. The van der Waals surface area contributed by atoms with Gasteiger partial charge in [0.25, 0.3) is 0 Å². The van der Waals surface area contributed by atoms with Crippen LogP contribution in [0.15, 0.2) is 70.8 Å². The first-order chi connectivity index (χ1) is 12.5. The number of methoxy groups -OCH3 is 1. The van der Waals surface area contributed by atoms with E-state index in [1.807, 2.05) is 66.4 Å². The average molecular weight is 371 g/mol. The van der Waals surface area contributed by atoms with Crippen LogP contribution in [0, 0.1) is 0 Å². The van der Waals surface area contributed by atoms with Crippen molar-refractivity contribution >= 4 is 21.7 Å². The molecule has 1 N–H and O–H groups in total. The Bertz CT molecular complexity index is 920. The second-order valence-corrected chi connectivity index (χ2v) is 7.14. The molecule has 0 saturated carbocycles. The van der Waals surface area contributed by atoms with E-state index in [0.717, 1.165) is 17.0 Å². The summed E-state index contributed by atoms with van der Waals surface area (Å²) in [4.78, 5) is 1.85. The van der Waals surface area contributed by atoms with Crippen molar-refractivity contribution in [2.24, 2.45) is 4.40 Å². The molecule has 136 valence electrons. The van der Waals surface area contributed by atoms with Crippen LogP contribution in [0.3, 0.4) is 0 Å². The van der Waals surface area contributed by atoms with Crippen molar-refractivity contribution in [3.63, 3.8) is 0 Å². The van der Waals surface area contributed by atoms with Crippen LogP contribution in [0.4, 0.5) is 5.69 Å². The zero-order chi connectivity index (χ0) is 18.6. The molecule has 1 heterocycles. The summed E-state index contributed by atoms with van der Waals surface area (Å²) in [5, 5.41) is 0. The zero-order valence-electron chi connectivity index (χ0n) is 14.7. The van der Waals surface area contributed by atoms with Gasteiger partial charge in [-0.05, 0) is 36.8 Å². The Labute approximate surface area is 154 Å². The first-order valence-corrected chi connectivity index (χ1v) is 9.73. The van der Waals surface area contributed by atoms with Crippen LogP contribution in [0.5, 0.6) is 5.75 Å². The van der Waals surface area contributed by atoms with Gasteiger partial charge in [0, 0.05) is 30.4 Å². The quantitative estimate of drug-likeness (QED) is 0.877. The van der Waals surface area contributed by atoms with Gasteiger partial charge >= 0.3 is 10.2 Å². The maximum atomic E-state index is 12.2. The lowest BCUT2D eigenvalue weighted by Crippen LogP contribution is -2.36. The molecule has 0 aliphatic carbocycles. The molecule has 1 aliphatic rings. The van der Waals surface area contributed by atoms with Crippen LogP contribution >= 0.6 is 0 Å². The zero-order valence-corrected chi connectivity index (χ0v) is 15.5. The van der Waals surface area contributed by atoms with E-state index in [0.29, 0.717) is 24.5 Å². The Kier molecular flexibility index (Phi) is 5.27. The summed E-state index contributed by atoms with van der Waals surface area (Å²) in [7, 11) is -2.17. The van der Waals surface area contributed by atoms with Crippen LogP contribution < -0.4 is 14.4 Å². The monoisotopic (exact) mass is 371 g/mol. The number of rotatable bonds is 5. The number of hydrogen-bond acceptors (Lipinski definition) is 4. The Balaban J connectivity index is 1.92. The SMILES string of the molecule is CCN(C1=NS(=O)(=O)NC(Cc2ccccc2)=C1)c1ccc(OC)cc1. The summed E-state index contributed by atoms with van der Waals surface area (Å²) in [5.41, 5.74) is 2.46. The maximum Gasteiger partial charge on any atom is 0.343 e. The third-order valence-corrected chi connectivity index (χ3v) is 4.94. The van der Waals surface area contributed by atoms with E-state index in [4.69, 9.17) is 4.74 Å². The van der Waals surface area contributed by atoms with Crippen molar-refractivity contribution in [3.8, 4) is 5.75 Å². The van der Waals surface area contributed by atoms with E-state index in [2.05, 4.69) is 9.12 Å². The maximum absolute atomic E-state index is 12.2. The van der Waals surface area contributed by atoms with Gasteiger partial charge in [-0.1, -0.05) is 30.3 Å². The predicted molar refractivity (Wildman–Crippen MR) is 104 cm³/mol. The molecule has 26 heavy (non-hydrogen) atoms. The van der Waals surface area contributed by atoms with E-state index in [9.17, 15) is 8.42 Å². The second-order valence-electron chi connectivity index (χ2n) is 5.80. The van der Waals surface area contributed by atoms with Crippen LogP contribution in [0.2, 0.25) is 0 Å². The number of hydrogen-bond donors (Lipinski definition) is 1. The van der Waals surface area contributed by atoms with Crippen LogP contribution in [-0.4, -0.2) is 27.9 Å². The molecule has 0 spiro atoms. The van der Waals surface area contributed by atoms with Gasteiger partial charge < -0.3 is 9.64 Å². The highest BCUT2D eigenvalue weighted by molar-refractivity contribution is 7.88. The van der Waals surface area contributed by atoms with Crippen molar-refractivity contribution in [1.29, 1.82) is 0 Å². The Morgan fingerprint density at radius 1 is 1.08 bits per heavy atom. The van der Waals surface area contributed by atoms with E-state index >= 15 is 0 Å². The molecule has 0 atom stereocenters. The highest BCUT2D eigenvalue weighted by atomic mass is 32.2. The summed E-state index contributed by atoms with van der Waals surface area (Å²) >= 11 is 0. The third kappa shape index (κ3) is 4.23. The van der Waals surface area contributed by atoms with E-state index in [1.54, 1.807) is 13.2 Å². The van der Waals surface area contributed by atoms with Gasteiger partial charge in [-0.25, -0.2) is 0 Å². The Morgan fingerprint density at radius 2 is 1.77 bits per heavy atom. The van der Waals surface area contributed by atoms with Gasteiger partial charge in [0.15, 0.2) is 0 Å². The molecule has 2 aromatic rings. The number of nitrogens with zero attached hydrogens (tertiary/aromatic N) is 2. The molecule has 1 aliphatic heterocycles. The lowest BCUT2D eigenvalue weighted by Gasteiger charge is -2.26. The lowest BCUT2D eigenvalue weighted by molar-refractivity contribution is 0.415. The van der Waals surface area contributed by atoms with Crippen molar-refractivity contribution in [2.45, 2.75) is 13.3 Å². The van der Waals surface area contributed by atoms with Gasteiger partial charge in [-0.15, -0.1) is 4.40 Å². The number of nitrogens with one attached hydrogen (secondary N) is 1. The summed E-state index contributed by atoms with van der Waals surface area (Å²) in [6.07, 6.45) is 2.26. The standard InChI is InChI=1S/C19H21N3O3S/c1-3-22(17-9-11-18(25-2)12-10-17)19-14-16(20-26(23,24)21-19)13-15-7-5-4-6-8-15/h4-12,14,20H,3,13H2,1-2H3. The van der Waals surface area contributed by atoms with Crippen LogP contribution in [0.25, 0.3) is 0 Å². The predicted octanol–water partition coefficient (Wildman–Crippen LogP) is 2.89. The molecule has 0 unspecified atom stereocenters. The number of likely N-dealkylation sites (N-methyl/N-ethyl adjacent to an activating group) is 1. The topological polar surface area (TPSA) is 71.0 Å². The third-order valence-electron chi connectivity index (χ3n) is 3.99. The van der Waals surface area contributed by atoms with E-state index in [1.165, 1.54) is 0 Å². The van der Waals surface area contributed by atoms with Gasteiger partial charge in [0.05, 0.1) is 7.11 Å². The minimum Gasteiger partial charge on any atom is -0.497 e. The molecule has 7 heteroatoms. The largest absolute Gasteiger partial charge is 0.497 e. The minimum atomic E-state index is -3.77. The fourth-order valence-corrected chi connectivity index (χ4v) is 3.70. The normalized spacial score (nSPS) is 15.5. The van der Waals surface area contributed by atoms with Gasteiger partial charge in [0.2, 0.25) is 0 Å². The van der Waals surface area contributed by atoms with Gasteiger partial charge in [-0.2, -0.15) is 8.42 Å². The number of amidine groups is 1. The Hall–Kier alpha value is -2.80. The summed E-state index contributed by atoms with van der Waals surface area (Å²) < 4.78 is 36.0. The molecule has 2 aromatic carbocycles. The molecular formula is C19H21N3O3S. The van der Waals surface area contributed by atoms with Crippen LogP contribution in [-0.2, 0) is 16.6 Å². The smallest absolute Gasteiger partial charge is 0.343 e. The van der Waals surface area contributed by atoms with E-state index in [-0.39, 0.29) is 0 Å². The average Bonchev–Trinajstić information content (AvgIpc) is 2.62.